The van der Waals surface area contributed by atoms with Gasteiger partial charge in [-0.1, -0.05) is 43.6 Å². The monoisotopic (exact) mass is 405 g/mol. The normalized spacial score (nSPS) is 16.2. The highest BCUT2D eigenvalue weighted by Gasteiger charge is 2.38. The van der Waals surface area contributed by atoms with Crippen LogP contribution >= 0.6 is 11.6 Å². The summed E-state index contributed by atoms with van der Waals surface area (Å²) in [6, 6.07) is 9.16. The minimum absolute atomic E-state index is 0.290. The van der Waals surface area contributed by atoms with Gasteiger partial charge >= 0.3 is 5.97 Å². The molecular weight excluding hydrogens is 388 g/mol. The standard InChI is InChI=1S/C21H18ClF2NO3/c1-21(2)14-6-4-5-7-18(14)25(3)19(21)8-12(26)11-28-20(27)13-9-16(23)17(24)10-15(13)22/h4-10H,11H2,1-3H3. The first-order valence-corrected chi connectivity index (χ1v) is 8.90. The fourth-order valence-corrected chi connectivity index (χ4v) is 3.57. The van der Waals surface area contributed by atoms with Crippen LogP contribution < -0.4 is 4.90 Å². The third kappa shape index (κ3) is 3.52. The van der Waals surface area contributed by atoms with E-state index in [1.54, 1.807) is 0 Å². The molecule has 0 N–H and O–H groups in total. The van der Waals surface area contributed by atoms with Gasteiger partial charge in [0.1, 0.15) is 0 Å². The van der Waals surface area contributed by atoms with Crippen LogP contribution in [0.3, 0.4) is 0 Å². The fraction of sp³-hybridized carbons (Fsp3) is 0.238. The van der Waals surface area contributed by atoms with Crippen LogP contribution in [-0.2, 0) is 14.9 Å². The summed E-state index contributed by atoms with van der Waals surface area (Å²) in [5.74, 6) is -3.84. The van der Waals surface area contributed by atoms with Crippen LogP contribution in [0.4, 0.5) is 14.5 Å². The SMILES string of the molecule is CN1C(=CC(=O)COC(=O)c2cc(F)c(F)cc2Cl)C(C)(C)c2ccccc21. The summed E-state index contributed by atoms with van der Waals surface area (Å²) in [5.41, 5.74) is 2.11. The van der Waals surface area contributed by atoms with Crippen molar-refractivity contribution >= 4 is 29.0 Å². The maximum atomic E-state index is 13.3. The lowest BCUT2D eigenvalue weighted by Gasteiger charge is -2.23. The third-order valence-electron chi connectivity index (χ3n) is 4.81. The van der Waals surface area contributed by atoms with Crippen molar-refractivity contribution in [1.29, 1.82) is 0 Å². The summed E-state index contributed by atoms with van der Waals surface area (Å²) in [6.45, 7) is 3.46. The van der Waals surface area contributed by atoms with Crippen LogP contribution in [0.15, 0.2) is 48.2 Å². The number of allylic oxidation sites excluding steroid dienone is 1. The molecule has 146 valence electrons. The Bertz CT molecular complexity index is 1000. The van der Waals surface area contributed by atoms with Crippen molar-refractivity contribution in [1.82, 2.24) is 0 Å². The number of anilines is 1. The largest absolute Gasteiger partial charge is 0.454 e. The number of carbonyl (C=O) groups excluding carboxylic acids is 2. The molecule has 28 heavy (non-hydrogen) atoms. The van der Waals surface area contributed by atoms with Crippen LogP contribution in [-0.4, -0.2) is 25.4 Å². The lowest BCUT2D eigenvalue weighted by atomic mass is 9.83. The first-order valence-electron chi connectivity index (χ1n) is 8.53. The summed E-state index contributed by atoms with van der Waals surface area (Å²) < 4.78 is 31.4. The molecule has 0 aromatic heterocycles. The summed E-state index contributed by atoms with van der Waals surface area (Å²) in [7, 11) is 1.86. The minimum Gasteiger partial charge on any atom is -0.454 e. The van der Waals surface area contributed by atoms with Crippen LogP contribution in [0, 0.1) is 11.6 Å². The molecule has 0 bridgehead atoms. The van der Waals surface area contributed by atoms with Crippen molar-refractivity contribution in [2.75, 3.05) is 18.6 Å². The average Bonchev–Trinajstić information content (AvgIpc) is 2.84. The zero-order valence-corrected chi connectivity index (χ0v) is 16.3. The van der Waals surface area contributed by atoms with Gasteiger partial charge < -0.3 is 9.64 Å². The van der Waals surface area contributed by atoms with Gasteiger partial charge in [0.25, 0.3) is 0 Å². The van der Waals surface area contributed by atoms with Gasteiger partial charge in [0.15, 0.2) is 24.0 Å². The second-order valence-corrected chi connectivity index (χ2v) is 7.43. The number of carbonyl (C=O) groups is 2. The lowest BCUT2D eigenvalue weighted by molar-refractivity contribution is -0.117. The van der Waals surface area contributed by atoms with Crippen LogP contribution in [0.1, 0.15) is 29.8 Å². The molecule has 0 amide bonds. The van der Waals surface area contributed by atoms with Crippen molar-refractivity contribution in [3.8, 4) is 0 Å². The van der Waals surface area contributed by atoms with Crippen molar-refractivity contribution < 1.29 is 23.1 Å². The molecular formula is C21H18ClF2NO3. The Balaban J connectivity index is 1.74. The zero-order chi connectivity index (χ0) is 20.6. The number of esters is 1. The number of hydrogen-bond donors (Lipinski definition) is 0. The number of ether oxygens (including phenoxy) is 1. The van der Waals surface area contributed by atoms with Gasteiger partial charge in [0, 0.05) is 29.9 Å². The van der Waals surface area contributed by atoms with Crippen molar-refractivity contribution in [2.45, 2.75) is 19.3 Å². The second kappa shape index (κ2) is 7.36. The third-order valence-corrected chi connectivity index (χ3v) is 5.13. The molecule has 0 fully saturated rings. The Labute approximate surface area is 166 Å². The summed E-state index contributed by atoms with van der Waals surface area (Å²) in [5, 5.41) is -0.290. The highest BCUT2D eigenvalue weighted by Crippen LogP contribution is 2.46. The topological polar surface area (TPSA) is 46.6 Å². The van der Waals surface area contributed by atoms with Gasteiger partial charge in [0.2, 0.25) is 0 Å². The number of benzene rings is 2. The van der Waals surface area contributed by atoms with Crippen LogP contribution in [0.2, 0.25) is 5.02 Å². The molecule has 3 rings (SSSR count). The van der Waals surface area contributed by atoms with E-state index in [0.29, 0.717) is 12.1 Å². The van der Waals surface area contributed by atoms with E-state index in [9.17, 15) is 18.4 Å². The Hall–Kier alpha value is -2.73. The molecule has 0 atom stereocenters. The molecule has 0 radical (unpaired) electrons. The molecule has 2 aromatic rings. The maximum Gasteiger partial charge on any atom is 0.340 e. The highest BCUT2D eigenvalue weighted by molar-refractivity contribution is 6.33. The molecule has 4 nitrogen and oxygen atoms in total. The smallest absolute Gasteiger partial charge is 0.340 e. The average molecular weight is 406 g/mol. The fourth-order valence-electron chi connectivity index (χ4n) is 3.35. The van der Waals surface area contributed by atoms with Gasteiger partial charge in [-0.3, -0.25) is 4.79 Å². The summed E-state index contributed by atoms with van der Waals surface area (Å²) in [4.78, 5) is 26.4. The zero-order valence-electron chi connectivity index (χ0n) is 15.6. The van der Waals surface area contributed by atoms with Crippen LogP contribution in [0.5, 0.6) is 0 Å². The van der Waals surface area contributed by atoms with Crippen molar-refractivity contribution in [3.05, 3.63) is 76.0 Å². The number of nitrogens with zero attached hydrogens (tertiary/aromatic N) is 1. The van der Waals surface area contributed by atoms with Gasteiger partial charge in [-0.25, -0.2) is 13.6 Å². The first kappa shape index (κ1) is 20.0. The predicted octanol–water partition coefficient (Wildman–Crippen LogP) is 4.66. The van der Waals surface area contributed by atoms with E-state index in [0.717, 1.165) is 16.9 Å². The number of likely N-dealkylation sites (N-methyl/N-ethyl adjacent to an activating group) is 1. The Morgan fingerprint density at radius 2 is 1.82 bits per heavy atom. The molecule has 0 spiro atoms. The van der Waals surface area contributed by atoms with E-state index in [2.05, 4.69) is 0 Å². The predicted molar refractivity (Wildman–Crippen MR) is 103 cm³/mol. The number of hydrogen-bond acceptors (Lipinski definition) is 4. The van der Waals surface area contributed by atoms with Gasteiger partial charge in [-0.2, -0.15) is 0 Å². The number of para-hydroxylation sites is 1. The van der Waals surface area contributed by atoms with Crippen molar-refractivity contribution in [2.24, 2.45) is 0 Å². The molecule has 1 aliphatic rings. The molecule has 0 unspecified atom stereocenters. The molecule has 7 heteroatoms. The lowest BCUT2D eigenvalue weighted by Crippen LogP contribution is -2.25. The van der Waals surface area contributed by atoms with Gasteiger partial charge in [-0.05, 0) is 23.8 Å². The molecule has 1 aliphatic heterocycles. The number of fused-ring (bicyclic) bond motifs is 1. The Morgan fingerprint density at radius 1 is 1.18 bits per heavy atom. The summed E-state index contributed by atoms with van der Waals surface area (Å²) in [6.07, 6.45) is 1.43. The van der Waals surface area contributed by atoms with Crippen molar-refractivity contribution in [3.63, 3.8) is 0 Å². The van der Waals surface area contributed by atoms with E-state index in [1.165, 1.54) is 6.08 Å². The molecule has 1 heterocycles. The minimum atomic E-state index is -1.23. The number of rotatable bonds is 4. The number of halogens is 3. The first-order chi connectivity index (χ1) is 13.1. The summed E-state index contributed by atoms with van der Waals surface area (Å²) >= 11 is 5.75. The second-order valence-electron chi connectivity index (χ2n) is 7.02. The van der Waals surface area contributed by atoms with Crippen LogP contribution in [0.25, 0.3) is 0 Å². The van der Waals surface area contributed by atoms with E-state index in [1.807, 2.05) is 50.1 Å². The molecule has 0 saturated carbocycles. The number of ketones is 1. The van der Waals surface area contributed by atoms with Gasteiger partial charge in [-0.15, -0.1) is 0 Å². The van der Waals surface area contributed by atoms with E-state index in [-0.39, 0.29) is 10.6 Å². The maximum absolute atomic E-state index is 13.3. The molecule has 2 aromatic carbocycles. The highest BCUT2D eigenvalue weighted by atomic mass is 35.5. The molecule has 0 saturated heterocycles. The van der Waals surface area contributed by atoms with E-state index < -0.39 is 35.4 Å². The van der Waals surface area contributed by atoms with E-state index >= 15 is 0 Å². The quantitative estimate of drug-likeness (QED) is 0.422. The van der Waals surface area contributed by atoms with Gasteiger partial charge in [0.05, 0.1) is 10.6 Å². The van der Waals surface area contributed by atoms with E-state index in [4.69, 9.17) is 16.3 Å². The Kier molecular flexibility index (Phi) is 5.26. The molecule has 0 aliphatic carbocycles. The Morgan fingerprint density at radius 3 is 2.50 bits per heavy atom.